The van der Waals surface area contributed by atoms with E-state index in [0.29, 0.717) is 18.1 Å². The molecule has 0 radical (unpaired) electrons. The molecule has 2 aromatic rings. The van der Waals surface area contributed by atoms with Crippen LogP contribution in [-0.2, 0) is 10.0 Å². The van der Waals surface area contributed by atoms with Crippen LogP contribution in [0.15, 0.2) is 47.4 Å². The Morgan fingerprint density at radius 2 is 1.66 bits per heavy atom. The molecule has 2 amide bonds. The number of hydrogen-bond acceptors (Lipinski definition) is 4. The molecular formula is C19H19ClFN3O4S. The van der Waals surface area contributed by atoms with Crippen molar-refractivity contribution in [3.05, 3.63) is 64.4 Å². The van der Waals surface area contributed by atoms with Gasteiger partial charge in [0.1, 0.15) is 5.82 Å². The fraction of sp³-hybridized carbons (Fsp3) is 0.263. The fourth-order valence-electron chi connectivity index (χ4n) is 2.98. The summed E-state index contributed by atoms with van der Waals surface area (Å²) in [6.45, 7) is 0.772. The highest BCUT2D eigenvalue weighted by molar-refractivity contribution is 7.89. The van der Waals surface area contributed by atoms with Crippen LogP contribution in [0.3, 0.4) is 0 Å². The van der Waals surface area contributed by atoms with E-state index in [2.05, 4.69) is 10.9 Å². The van der Waals surface area contributed by atoms with Gasteiger partial charge in [0.25, 0.3) is 11.8 Å². The van der Waals surface area contributed by atoms with E-state index in [1.807, 2.05) is 0 Å². The zero-order valence-corrected chi connectivity index (χ0v) is 16.9. The molecule has 0 aliphatic carbocycles. The quantitative estimate of drug-likeness (QED) is 0.716. The Balaban J connectivity index is 1.75. The van der Waals surface area contributed by atoms with Crippen molar-refractivity contribution in [2.75, 3.05) is 13.1 Å². The van der Waals surface area contributed by atoms with Gasteiger partial charge in [0.15, 0.2) is 0 Å². The highest BCUT2D eigenvalue weighted by Gasteiger charge is 2.27. The van der Waals surface area contributed by atoms with Gasteiger partial charge in [0.2, 0.25) is 10.0 Å². The molecule has 1 aliphatic rings. The highest BCUT2D eigenvalue weighted by Crippen LogP contribution is 2.22. The summed E-state index contributed by atoms with van der Waals surface area (Å²) < 4.78 is 41.0. The molecule has 3 rings (SSSR count). The summed E-state index contributed by atoms with van der Waals surface area (Å²) >= 11 is 5.81. The van der Waals surface area contributed by atoms with Crippen LogP contribution >= 0.6 is 11.6 Å². The van der Waals surface area contributed by atoms with Gasteiger partial charge in [0.05, 0.1) is 10.5 Å². The van der Waals surface area contributed by atoms with Gasteiger partial charge < -0.3 is 0 Å². The molecule has 7 nitrogen and oxygen atoms in total. The third-order valence-corrected chi connectivity index (χ3v) is 6.64. The Bertz CT molecular complexity index is 1040. The Labute approximate surface area is 172 Å². The summed E-state index contributed by atoms with van der Waals surface area (Å²) in [5.74, 6) is -2.54. The zero-order valence-electron chi connectivity index (χ0n) is 15.3. The molecule has 2 N–H and O–H groups in total. The van der Waals surface area contributed by atoms with Crippen molar-refractivity contribution in [1.29, 1.82) is 0 Å². The van der Waals surface area contributed by atoms with Crippen LogP contribution < -0.4 is 10.9 Å². The lowest BCUT2D eigenvalue weighted by Crippen LogP contribution is -2.42. The Morgan fingerprint density at radius 3 is 2.34 bits per heavy atom. The number of rotatable bonds is 4. The number of piperidine rings is 1. The van der Waals surface area contributed by atoms with Crippen molar-refractivity contribution >= 4 is 33.4 Å². The molecule has 29 heavy (non-hydrogen) atoms. The van der Waals surface area contributed by atoms with Crippen molar-refractivity contribution in [1.82, 2.24) is 15.2 Å². The summed E-state index contributed by atoms with van der Waals surface area (Å²) in [6.07, 6.45) is 2.46. The molecule has 0 bridgehead atoms. The van der Waals surface area contributed by atoms with E-state index in [4.69, 9.17) is 11.6 Å². The van der Waals surface area contributed by atoms with E-state index in [1.165, 1.54) is 16.4 Å². The maximum atomic E-state index is 14.2. The first-order chi connectivity index (χ1) is 13.8. The van der Waals surface area contributed by atoms with Gasteiger partial charge in [-0.1, -0.05) is 24.1 Å². The number of sulfonamides is 1. The van der Waals surface area contributed by atoms with Gasteiger partial charge in [-0.05, 0) is 49.2 Å². The van der Waals surface area contributed by atoms with Crippen LogP contribution in [-0.4, -0.2) is 37.6 Å². The Morgan fingerprint density at radius 1 is 0.966 bits per heavy atom. The molecule has 154 valence electrons. The number of nitrogens with one attached hydrogen (secondary N) is 2. The van der Waals surface area contributed by atoms with Crippen LogP contribution in [0, 0.1) is 5.82 Å². The topological polar surface area (TPSA) is 95.6 Å². The van der Waals surface area contributed by atoms with Gasteiger partial charge in [0, 0.05) is 23.7 Å². The third-order valence-electron chi connectivity index (χ3n) is 4.51. The number of nitrogens with zero attached hydrogens (tertiary/aromatic N) is 1. The monoisotopic (exact) mass is 439 g/mol. The van der Waals surface area contributed by atoms with Gasteiger partial charge in [-0.25, -0.2) is 12.8 Å². The lowest BCUT2D eigenvalue weighted by molar-refractivity contribution is 0.0844. The predicted molar refractivity (Wildman–Crippen MR) is 105 cm³/mol. The standard InChI is InChI=1S/C19H19ClFN3O4S/c20-14-6-4-5-13(11-14)18(25)22-23-19(26)16-12-15(7-8-17(16)21)29(27,28)24-9-2-1-3-10-24/h4-8,11-12H,1-3,9-10H2,(H,22,25)(H,23,26). The molecule has 1 heterocycles. The van der Waals surface area contributed by atoms with E-state index < -0.39 is 33.2 Å². The number of carbonyl (C=O) groups is 2. The van der Waals surface area contributed by atoms with Gasteiger partial charge in [-0.15, -0.1) is 0 Å². The average molecular weight is 440 g/mol. The zero-order chi connectivity index (χ0) is 21.0. The normalized spacial score (nSPS) is 15.0. The molecule has 1 aliphatic heterocycles. The number of hydrazine groups is 1. The number of amides is 2. The van der Waals surface area contributed by atoms with E-state index in [-0.39, 0.29) is 10.5 Å². The first-order valence-electron chi connectivity index (χ1n) is 8.95. The van der Waals surface area contributed by atoms with Crippen LogP contribution in [0.4, 0.5) is 4.39 Å². The highest BCUT2D eigenvalue weighted by atomic mass is 35.5. The predicted octanol–water partition coefficient (Wildman–Crippen LogP) is 2.73. The fourth-order valence-corrected chi connectivity index (χ4v) is 4.71. The van der Waals surface area contributed by atoms with Gasteiger partial charge >= 0.3 is 0 Å². The summed E-state index contributed by atoms with van der Waals surface area (Å²) in [4.78, 5) is 24.2. The molecule has 0 aromatic heterocycles. The summed E-state index contributed by atoms with van der Waals surface area (Å²) in [5.41, 5.74) is 3.94. The van der Waals surface area contributed by atoms with E-state index in [0.717, 1.165) is 37.5 Å². The number of halogens is 2. The van der Waals surface area contributed by atoms with Crippen molar-refractivity contribution in [3.63, 3.8) is 0 Å². The SMILES string of the molecule is O=C(NNC(=O)c1cc(S(=O)(=O)N2CCCCC2)ccc1F)c1cccc(Cl)c1. The van der Waals surface area contributed by atoms with Crippen molar-refractivity contribution in [3.8, 4) is 0 Å². The maximum absolute atomic E-state index is 14.2. The first-order valence-corrected chi connectivity index (χ1v) is 10.8. The minimum Gasteiger partial charge on any atom is -0.267 e. The molecule has 1 fully saturated rings. The molecule has 0 atom stereocenters. The number of benzene rings is 2. The number of carbonyl (C=O) groups excluding carboxylic acids is 2. The minimum atomic E-state index is -3.83. The van der Waals surface area contributed by atoms with E-state index in [9.17, 15) is 22.4 Å². The minimum absolute atomic E-state index is 0.174. The summed E-state index contributed by atoms with van der Waals surface area (Å²) in [6, 6.07) is 9.05. The van der Waals surface area contributed by atoms with Gasteiger partial charge in [-0.3, -0.25) is 20.4 Å². The van der Waals surface area contributed by atoms with Crippen molar-refractivity contribution in [2.24, 2.45) is 0 Å². The number of hydrogen-bond donors (Lipinski definition) is 2. The third kappa shape index (κ3) is 4.92. The molecule has 2 aromatic carbocycles. The lowest BCUT2D eigenvalue weighted by Gasteiger charge is -2.26. The average Bonchev–Trinajstić information content (AvgIpc) is 2.72. The molecule has 0 spiro atoms. The van der Waals surface area contributed by atoms with Crippen LogP contribution in [0.25, 0.3) is 0 Å². The lowest BCUT2D eigenvalue weighted by atomic mass is 10.2. The second kappa shape index (κ2) is 8.89. The van der Waals surface area contributed by atoms with Crippen LogP contribution in [0.1, 0.15) is 40.0 Å². The van der Waals surface area contributed by atoms with E-state index in [1.54, 1.807) is 12.1 Å². The van der Waals surface area contributed by atoms with Crippen LogP contribution in [0.5, 0.6) is 0 Å². The van der Waals surface area contributed by atoms with Crippen molar-refractivity contribution < 1.29 is 22.4 Å². The maximum Gasteiger partial charge on any atom is 0.272 e. The van der Waals surface area contributed by atoms with E-state index >= 15 is 0 Å². The molecule has 10 heteroatoms. The summed E-state index contributed by atoms with van der Waals surface area (Å²) in [7, 11) is -3.83. The molecule has 0 unspecified atom stereocenters. The van der Waals surface area contributed by atoms with Crippen LogP contribution in [0.2, 0.25) is 5.02 Å². The second-order valence-corrected chi connectivity index (χ2v) is 8.90. The largest absolute Gasteiger partial charge is 0.272 e. The molecule has 0 saturated carbocycles. The Kier molecular flexibility index (Phi) is 6.51. The van der Waals surface area contributed by atoms with Crippen molar-refractivity contribution in [2.45, 2.75) is 24.2 Å². The first kappa shape index (κ1) is 21.2. The molecule has 1 saturated heterocycles. The summed E-state index contributed by atoms with van der Waals surface area (Å²) in [5, 5.41) is 0.339. The molecular weight excluding hydrogens is 421 g/mol. The second-order valence-electron chi connectivity index (χ2n) is 6.52. The van der Waals surface area contributed by atoms with Gasteiger partial charge in [-0.2, -0.15) is 4.31 Å². The smallest absolute Gasteiger partial charge is 0.267 e. The Hall–Kier alpha value is -2.49.